The molecular weight excluding hydrogens is 193 g/mol. The van der Waals surface area contributed by atoms with Gasteiger partial charge in [-0.05, 0) is 38.4 Å². The topological polar surface area (TPSA) is 37.0 Å². The Balaban J connectivity index is 2.04. The number of anilines is 1. The van der Waals surface area contributed by atoms with Crippen LogP contribution in [0.25, 0.3) is 0 Å². The first-order chi connectivity index (χ1) is 7.27. The summed E-state index contributed by atoms with van der Waals surface area (Å²) in [6.45, 7) is 3.15. The predicted molar refractivity (Wildman–Crippen MR) is 58.3 cm³/mol. The third-order valence-electron chi connectivity index (χ3n) is 2.84. The molecule has 0 radical (unpaired) electrons. The quantitative estimate of drug-likeness (QED) is 0.779. The van der Waals surface area contributed by atoms with Crippen LogP contribution in [0, 0.1) is 5.82 Å². The van der Waals surface area contributed by atoms with Gasteiger partial charge >= 0.3 is 0 Å². The van der Waals surface area contributed by atoms with E-state index in [1.807, 2.05) is 0 Å². The molecule has 2 rings (SSSR count). The lowest BCUT2D eigenvalue weighted by Crippen LogP contribution is -2.46. The molecule has 82 valence electrons. The van der Waals surface area contributed by atoms with Gasteiger partial charge in [0.15, 0.2) is 11.6 Å². The fourth-order valence-corrected chi connectivity index (χ4v) is 1.91. The molecule has 0 spiro atoms. The molecular formula is C11H16FN3. The van der Waals surface area contributed by atoms with E-state index in [1.54, 1.807) is 12.3 Å². The molecule has 4 heteroatoms. The van der Waals surface area contributed by atoms with Crippen LogP contribution in [0.1, 0.15) is 19.8 Å². The molecule has 2 unspecified atom stereocenters. The van der Waals surface area contributed by atoms with E-state index in [4.69, 9.17) is 0 Å². The number of nitrogens with zero attached hydrogens (tertiary/aromatic N) is 1. The fraction of sp³-hybridized carbons (Fsp3) is 0.545. The highest BCUT2D eigenvalue weighted by Crippen LogP contribution is 2.16. The van der Waals surface area contributed by atoms with Crippen LogP contribution in [0.5, 0.6) is 0 Å². The number of aromatic nitrogens is 1. The Hall–Kier alpha value is -1.16. The largest absolute Gasteiger partial charge is 0.363 e. The van der Waals surface area contributed by atoms with Crippen molar-refractivity contribution in [2.75, 3.05) is 11.9 Å². The van der Waals surface area contributed by atoms with Gasteiger partial charge in [-0.1, -0.05) is 0 Å². The molecule has 1 aromatic rings. The van der Waals surface area contributed by atoms with E-state index in [0.717, 1.165) is 19.4 Å². The van der Waals surface area contributed by atoms with Crippen molar-refractivity contribution in [3.63, 3.8) is 0 Å². The molecule has 1 fully saturated rings. The number of hydrogen-bond acceptors (Lipinski definition) is 3. The number of halogens is 1. The summed E-state index contributed by atoms with van der Waals surface area (Å²) in [5.41, 5.74) is 0. The van der Waals surface area contributed by atoms with Gasteiger partial charge in [0.2, 0.25) is 0 Å². The van der Waals surface area contributed by atoms with E-state index >= 15 is 0 Å². The second-order valence-corrected chi connectivity index (χ2v) is 3.97. The van der Waals surface area contributed by atoms with E-state index in [0.29, 0.717) is 11.9 Å². The van der Waals surface area contributed by atoms with E-state index in [9.17, 15) is 4.39 Å². The molecule has 1 aliphatic rings. The van der Waals surface area contributed by atoms with Crippen molar-refractivity contribution in [3.05, 3.63) is 24.1 Å². The van der Waals surface area contributed by atoms with E-state index in [1.165, 1.54) is 6.07 Å². The Morgan fingerprint density at radius 3 is 3.20 bits per heavy atom. The zero-order valence-electron chi connectivity index (χ0n) is 8.83. The van der Waals surface area contributed by atoms with Crippen LogP contribution in [0.4, 0.5) is 10.2 Å². The van der Waals surface area contributed by atoms with Crippen molar-refractivity contribution >= 4 is 5.82 Å². The van der Waals surface area contributed by atoms with E-state index in [2.05, 4.69) is 22.5 Å². The van der Waals surface area contributed by atoms with Crippen LogP contribution < -0.4 is 10.6 Å². The standard InChI is InChI=1S/C11H16FN3/c1-8-10(5-3-6-13-8)15-11-9(12)4-2-7-14-11/h2,4,7-8,10,13H,3,5-6H2,1H3,(H,14,15). The van der Waals surface area contributed by atoms with Gasteiger partial charge in [0.05, 0.1) is 0 Å². The Kier molecular flexibility index (Phi) is 3.16. The van der Waals surface area contributed by atoms with Gasteiger partial charge in [-0.3, -0.25) is 0 Å². The maximum atomic E-state index is 13.3. The smallest absolute Gasteiger partial charge is 0.165 e. The Morgan fingerprint density at radius 1 is 1.60 bits per heavy atom. The average molecular weight is 209 g/mol. The van der Waals surface area contributed by atoms with Crippen LogP contribution in [-0.2, 0) is 0 Å². The average Bonchev–Trinajstić information content (AvgIpc) is 2.24. The molecule has 1 aliphatic heterocycles. The van der Waals surface area contributed by atoms with Gasteiger partial charge in [0.25, 0.3) is 0 Å². The monoisotopic (exact) mass is 209 g/mol. The molecule has 15 heavy (non-hydrogen) atoms. The van der Waals surface area contributed by atoms with E-state index in [-0.39, 0.29) is 11.9 Å². The van der Waals surface area contributed by atoms with Crippen molar-refractivity contribution < 1.29 is 4.39 Å². The summed E-state index contributed by atoms with van der Waals surface area (Å²) in [6.07, 6.45) is 3.78. The molecule has 0 aliphatic carbocycles. The summed E-state index contributed by atoms with van der Waals surface area (Å²) in [4.78, 5) is 3.99. The maximum absolute atomic E-state index is 13.3. The normalized spacial score (nSPS) is 26.3. The van der Waals surface area contributed by atoms with Crippen LogP contribution in [-0.4, -0.2) is 23.6 Å². The van der Waals surface area contributed by atoms with Crippen molar-refractivity contribution in [2.24, 2.45) is 0 Å². The highest BCUT2D eigenvalue weighted by molar-refractivity contribution is 5.37. The molecule has 1 aromatic heterocycles. The summed E-state index contributed by atoms with van der Waals surface area (Å²) in [7, 11) is 0. The zero-order chi connectivity index (χ0) is 10.7. The summed E-state index contributed by atoms with van der Waals surface area (Å²) in [5.74, 6) is 0.0772. The molecule has 2 atom stereocenters. The number of rotatable bonds is 2. The molecule has 1 saturated heterocycles. The third kappa shape index (κ3) is 2.45. The highest BCUT2D eigenvalue weighted by Gasteiger charge is 2.21. The first kappa shape index (κ1) is 10.4. The Morgan fingerprint density at radius 2 is 2.47 bits per heavy atom. The summed E-state index contributed by atoms with van der Waals surface area (Å²) >= 11 is 0. The highest BCUT2D eigenvalue weighted by atomic mass is 19.1. The minimum atomic E-state index is -0.282. The fourth-order valence-electron chi connectivity index (χ4n) is 1.91. The van der Waals surface area contributed by atoms with Crippen molar-refractivity contribution in [3.8, 4) is 0 Å². The van der Waals surface area contributed by atoms with Crippen molar-refractivity contribution in [1.82, 2.24) is 10.3 Å². The second-order valence-electron chi connectivity index (χ2n) is 3.97. The maximum Gasteiger partial charge on any atom is 0.165 e. The lowest BCUT2D eigenvalue weighted by Gasteiger charge is -2.31. The van der Waals surface area contributed by atoms with Crippen molar-refractivity contribution in [2.45, 2.75) is 31.8 Å². The molecule has 2 N–H and O–H groups in total. The summed E-state index contributed by atoms with van der Waals surface area (Å²) < 4.78 is 13.3. The SMILES string of the molecule is CC1NCCCC1Nc1ncccc1F. The van der Waals surface area contributed by atoms with E-state index < -0.39 is 0 Å². The molecule has 3 nitrogen and oxygen atoms in total. The van der Waals surface area contributed by atoms with Gasteiger partial charge < -0.3 is 10.6 Å². The summed E-state index contributed by atoms with van der Waals surface area (Å²) in [6, 6.07) is 3.66. The molecule has 0 amide bonds. The minimum Gasteiger partial charge on any atom is -0.363 e. The Labute approximate surface area is 89.1 Å². The van der Waals surface area contributed by atoms with Gasteiger partial charge in [-0.25, -0.2) is 9.37 Å². The van der Waals surface area contributed by atoms with Crippen LogP contribution in [0.2, 0.25) is 0 Å². The lowest BCUT2D eigenvalue weighted by molar-refractivity contribution is 0.387. The predicted octanol–water partition coefficient (Wildman–Crippen LogP) is 1.77. The van der Waals surface area contributed by atoms with Gasteiger partial charge in [-0.15, -0.1) is 0 Å². The molecule has 0 saturated carbocycles. The number of pyridine rings is 1. The third-order valence-corrected chi connectivity index (χ3v) is 2.84. The number of nitrogens with one attached hydrogen (secondary N) is 2. The first-order valence-corrected chi connectivity index (χ1v) is 5.38. The molecule has 0 bridgehead atoms. The Bertz CT molecular complexity index is 329. The number of piperidine rings is 1. The summed E-state index contributed by atoms with van der Waals surface area (Å²) in [5, 5.41) is 6.51. The van der Waals surface area contributed by atoms with Crippen LogP contribution in [0.3, 0.4) is 0 Å². The molecule has 0 aromatic carbocycles. The second kappa shape index (κ2) is 4.57. The molecule has 2 heterocycles. The first-order valence-electron chi connectivity index (χ1n) is 5.38. The zero-order valence-corrected chi connectivity index (χ0v) is 8.83. The number of hydrogen-bond donors (Lipinski definition) is 2. The van der Waals surface area contributed by atoms with Gasteiger partial charge in [-0.2, -0.15) is 0 Å². The van der Waals surface area contributed by atoms with Gasteiger partial charge in [0.1, 0.15) is 0 Å². The van der Waals surface area contributed by atoms with Crippen molar-refractivity contribution in [1.29, 1.82) is 0 Å². The van der Waals surface area contributed by atoms with Crippen LogP contribution >= 0.6 is 0 Å². The lowest BCUT2D eigenvalue weighted by atomic mass is 10.00. The van der Waals surface area contributed by atoms with Gasteiger partial charge in [0, 0.05) is 18.3 Å². The minimum absolute atomic E-state index is 0.267. The van der Waals surface area contributed by atoms with Crippen LogP contribution in [0.15, 0.2) is 18.3 Å².